The Kier molecular flexibility index (Phi) is 4.64. The Morgan fingerprint density at radius 2 is 1.96 bits per heavy atom. The first kappa shape index (κ1) is 17.3. The molecule has 124 valence electrons. The second-order valence-corrected chi connectivity index (χ2v) is 5.72. The number of alkyl halides is 3. The number of carbonyl (C=O) groups is 3. The molecule has 1 aliphatic heterocycles. The van der Waals surface area contributed by atoms with Gasteiger partial charge in [0.2, 0.25) is 5.91 Å². The third kappa shape index (κ3) is 3.81. The first-order chi connectivity index (χ1) is 10.6. The fraction of sp³-hybridized carbons (Fsp3) is 0.308. The first-order valence-electron chi connectivity index (χ1n) is 6.32. The van der Waals surface area contributed by atoms with Crippen LogP contribution in [0.25, 0.3) is 0 Å². The predicted octanol–water partition coefficient (Wildman–Crippen LogP) is 1.93. The molecule has 2 rings (SSSR count). The van der Waals surface area contributed by atoms with Crippen molar-refractivity contribution in [2.75, 3.05) is 11.4 Å². The minimum absolute atomic E-state index is 0.00439. The lowest BCUT2D eigenvalue weighted by molar-refractivity contribution is -0.174. The van der Waals surface area contributed by atoms with Gasteiger partial charge in [-0.15, -0.1) is 0 Å². The summed E-state index contributed by atoms with van der Waals surface area (Å²) in [6.07, 6.45) is -5.07. The number of rotatable bonds is 3. The minimum atomic E-state index is -5.07. The number of hydrogen-bond donors (Lipinski definition) is 2. The van der Waals surface area contributed by atoms with E-state index in [0.717, 1.165) is 4.90 Å². The van der Waals surface area contributed by atoms with E-state index >= 15 is 0 Å². The molecule has 0 bridgehead atoms. The second-order valence-electron chi connectivity index (χ2n) is 4.81. The number of nitrogens with zero attached hydrogens (tertiary/aromatic N) is 1. The Balaban J connectivity index is 2.19. The summed E-state index contributed by atoms with van der Waals surface area (Å²) in [5, 5.41) is 10.6. The van der Waals surface area contributed by atoms with Crippen LogP contribution in [-0.2, 0) is 9.59 Å². The lowest BCUT2D eigenvalue weighted by Gasteiger charge is -2.18. The fourth-order valence-corrected chi connectivity index (χ4v) is 2.64. The predicted molar refractivity (Wildman–Crippen MR) is 76.1 cm³/mol. The summed E-state index contributed by atoms with van der Waals surface area (Å²) in [5.41, 5.74) is 0.149. The largest absolute Gasteiger partial charge is 0.478 e. The fourth-order valence-electron chi connectivity index (χ4n) is 2.16. The number of benzene rings is 1. The van der Waals surface area contributed by atoms with Crippen molar-refractivity contribution >= 4 is 39.4 Å². The van der Waals surface area contributed by atoms with E-state index < -0.39 is 30.0 Å². The van der Waals surface area contributed by atoms with Crippen molar-refractivity contribution < 1.29 is 32.7 Å². The molecule has 10 heteroatoms. The number of amides is 2. The van der Waals surface area contributed by atoms with Crippen LogP contribution in [0, 0.1) is 0 Å². The van der Waals surface area contributed by atoms with Crippen LogP contribution in [0.15, 0.2) is 22.7 Å². The number of aromatic carboxylic acids is 1. The first-order valence-corrected chi connectivity index (χ1v) is 7.12. The highest BCUT2D eigenvalue weighted by molar-refractivity contribution is 9.10. The number of carboxylic acids is 1. The monoisotopic (exact) mass is 394 g/mol. The Morgan fingerprint density at radius 3 is 2.52 bits per heavy atom. The molecule has 1 aliphatic rings. The number of nitrogens with one attached hydrogen (secondary N) is 1. The zero-order valence-corrected chi connectivity index (χ0v) is 12.9. The molecule has 1 aromatic rings. The zero-order chi connectivity index (χ0) is 17.4. The van der Waals surface area contributed by atoms with Crippen molar-refractivity contribution in [1.29, 1.82) is 0 Å². The van der Waals surface area contributed by atoms with Crippen LogP contribution in [0.2, 0.25) is 0 Å². The number of carbonyl (C=O) groups excluding carboxylic acids is 2. The number of hydrogen-bond acceptors (Lipinski definition) is 3. The van der Waals surface area contributed by atoms with Crippen LogP contribution in [0.3, 0.4) is 0 Å². The molecule has 0 spiro atoms. The van der Waals surface area contributed by atoms with Gasteiger partial charge < -0.3 is 15.3 Å². The van der Waals surface area contributed by atoms with Gasteiger partial charge in [-0.25, -0.2) is 4.79 Å². The molecule has 1 aromatic carbocycles. The standard InChI is InChI=1S/C13H10BrF3N2O4/c14-7-3-6(11(21)22)4-8(5-7)19-2-1-9(10(19)20)18-12(23)13(15,16)17/h3-5,9H,1-2H2,(H,18,23)(H,21,22). The van der Waals surface area contributed by atoms with E-state index in [-0.39, 0.29) is 24.2 Å². The van der Waals surface area contributed by atoms with Crippen LogP contribution in [0.4, 0.5) is 18.9 Å². The Morgan fingerprint density at radius 1 is 1.30 bits per heavy atom. The molecule has 0 radical (unpaired) electrons. The van der Waals surface area contributed by atoms with Gasteiger partial charge in [-0.2, -0.15) is 13.2 Å². The summed E-state index contributed by atoms with van der Waals surface area (Å²) >= 11 is 3.11. The van der Waals surface area contributed by atoms with Gasteiger partial charge in [0.25, 0.3) is 0 Å². The molecule has 2 amide bonds. The molecule has 23 heavy (non-hydrogen) atoms. The Bertz CT molecular complexity index is 678. The highest BCUT2D eigenvalue weighted by Crippen LogP contribution is 2.27. The van der Waals surface area contributed by atoms with Gasteiger partial charge in [-0.05, 0) is 24.6 Å². The molecule has 0 aromatic heterocycles. The molecule has 2 N–H and O–H groups in total. The minimum Gasteiger partial charge on any atom is -0.478 e. The lowest BCUT2D eigenvalue weighted by Crippen LogP contribution is -2.46. The van der Waals surface area contributed by atoms with Crippen LogP contribution in [-0.4, -0.2) is 41.7 Å². The van der Waals surface area contributed by atoms with Crippen molar-refractivity contribution in [2.45, 2.75) is 18.6 Å². The van der Waals surface area contributed by atoms with E-state index in [1.54, 1.807) is 5.32 Å². The highest BCUT2D eigenvalue weighted by Gasteiger charge is 2.43. The molecule has 1 fully saturated rings. The lowest BCUT2D eigenvalue weighted by atomic mass is 10.2. The maximum Gasteiger partial charge on any atom is 0.471 e. The van der Waals surface area contributed by atoms with Crippen molar-refractivity contribution in [3.63, 3.8) is 0 Å². The maximum atomic E-state index is 12.2. The van der Waals surface area contributed by atoms with Gasteiger partial charge in [0.1, 0.15) is 6.04 Å². The van der Waals surface area contributed by atoms with Gasteiger partial charge in [-0.1, -0.05) is 15.9 Å². The van der Waals surface area contributed by atoms with E-state index in [2.05, 4.69) is 15.9 Å². The van der Waals surface area contributed by atoms with Gasteiger partial charge in [0, 0.05) is 16.7 Å². The molecule has 0 saturated carbocycles. The number of carboxylic acid groups (broad SMARTS) is 1. The summed E-state index contributed by atoms with van der Waals surface area (Å²) in [5.74, 6) is -4.11. The SMILES string of the molecule is O=C(O)c1cc(Br)cc(N2CCC(NC(=O)C(F)(F)F)C2=O)c1. The molecule has 1 atom stereocenters. The summed E-state index contributed by atoms with van der Waals surface area (Å²) in [4.78, 5) is 35.2. The topological polar surface area (TPSA) is 86.7 Å². The third-order valence-corrected chi connectivity index (χ3v) is 3.67. The van der Waals surface area contributed by atoms with Crippen LogP contribution < -0.4 is 10.2 Å². The van der Waals surface area contributed by atoms with E-state index in [4.69, 9.17) is 5.11 Å². The van der Waals surface area contributed by atoms with Crippen LogP contribution >= 0.6 is 15.9 Å². The molecule has 1 saturated heterocycles. The molecule has 0 aliphatic carbocycles. The zero-order valence-electron chi connectivity index (χ0n) is 11.4. The van der Waals surface area contributed by atoms with Gasteiger partial charge in [0.05, 0.1) is 5.56 Å². The van der Waals surface area contributed by atoms with Crippen molar-refractivity contribution in [2.24, 2.45) is 0 Å². The maximum absolute atomic E-state index is 12.2. The van der Waals surface area contributed by atoms with E-state index in [1.807, 2.05) is 0 Å². The number of halogens is 4. The van der Waals surface area contributed by atoms with Gasteiger partial charge in [0.15, 0.2) is 0 Å². The second kappa shape index (κ2) is 6.19. The Hall–Kier alpha value is -2.10. The highest BCUT2D eigenvalue weighted by atomic mass is 79.9. The van der Waals surface area contributed by atoms with Crippen molar-refractivity contribution in [3.05, 3.63) is 28.2 Å². The summed E-state index contributed by atoms with van der Waals surface area (Å²) in [7, 11) is 0. The summed E-state index contributed by atoms with van der Waals surface area (Å²) < 4.78 is 37.1. The molecule has 1 heterocycles. The smallest absolute Gasteiger partial charge is 0.471 e. The van der Waals surface area contributed by atoms with Crippen molar-refractivity contribution in [1.82, 2.24) is 5.32 Å². The van der Waals surface area contributed by atoms with E-state index in [1.165, 1.54) is 18.2 Å². The van der Waals surface area contributed by atoms with Crippen molar-refractivity contribution in [3.8, 4) is 0 Å². The van der Waals surface area contributed by atoms with E-state index in [0.29, 0.717) is 4.47 Å². The van der Waals surface area contributed by atoms with Crippen LogP contribution in [0.1, 0.15) is 16.8 Å². The van der Waals surface area contributed by atoms with Gasteiger partial charge in [-0.3, -0.25) is 9.59 Å². The molecular weight excluding hydrogens is 385 g/mol. The third-order valence-electron chi connectivity index (χ3n) is 3.21. The molecule has 1 unspecified atom stereocenters. The average Bonchev–Trinajstić information content (AvgIpc) is 2.78. The van der Waals surface area contributed by atoms with Crippen LogP contribution in [0.5, 0.6) is 0 Å². The molecule has 6 nitrogen and oxygen atoms in total. The molecular formula is C13H10BrF3N2O4. The Labute approximate surface area is 136 Å². The summed E-state index contributed by atoms with van der Waals surface area (Å²) in [6.45, 7) is 0.0666. The number of anilines is 1. The normalized spacial score (nSPS) is 18.2. The quantitative estimate of drug-likeness (QED) is 0.819. The summed E-state index contributed by atoms with van der Waals surface area (Å²) in [6, 6.07) is 2.74. The van der Waals surface area contributed by atoms with Gasteiger partial charge >= 0.3 is 18.1 Å². The van der Waals surface area contributed by atoms with E-state index in [9.17, 15) is 27.6 Å². The average molecular weight is 395 g/mol.